The van der Waals surface area contributed by atoms with Gasteiger partial charge in [-0.05, 0) is 40.0 Å². The van der Waals surface area contributed by atoms with Crippen molar-refractivity contribution >= 4 is 22.2 Å². The van der Waals surface area contributed by atoms with Crippen LogP contribution in [0.2, 0.25) is 0 Å². The summed E-state index contributed by atoms with van der Waals surface area (Å²) in [7, 11) is 1.83. The summed E-state index contributed by atoms with van der Waals surface area (Å²) in [6, 6.07) is 1.67. The molecule has 0 bridgehead atoms. The van der Waals surface area contributed by atoms with Crippen LogP contribution in [0.5, 0.6) is 5.75 Å². The molecule has 17 heavy (non-hydrogen) atoms. The quantitative estimate of drug-likeness (QED) is 0.867. The molecule has 0 amide bonds. The average Bonchev–Trinajstić information content (AvgIpc) is 2.73. The Hall–Kier alpha value is -1.62. The monoisotopic (exact) mass is 294 g/mol. The third kappa shape index (κ3) is 1.98. The average molecular weight is 295 g/mol. The zero-order chi connectivity index (χ0) is 12.6. The Labute approximate surface area is 107 Å². The number of aromatic nitrogens is 2. The fourth-order valence-electron chi connectivity index (χ4n) is 1.70. The number of nitrogens with zero attached hydrogens (tertiary/aromatic N) is 2. The third-order valence-corrected chi connectivity index (χ3v) is 3.63. The number of phenols is 1. The van der Waals surface area contributed by atoms with Gasteiger partial charge in [0.05, 0.1) is 16.2 Å². The van der Waals surface area contributed by atoms with Crippen molar-refractivity contribution in [3.63, 3.8) is 0 Å². The second kappa shape index (κ2) is 4.33. The Morgan fingerprint density at radius 1 is 1.53 bits per heavy atom. The number of carbonyl (C=O) groups excluding carboxylic acids is 1. The molecule has 0 saturated carbocycles. The molecule has 0 fully saturated rings. The van der Waals surface area contributed by atoms with E-state index in [1.807, 2.05) is 20.2 Å². The lowest BCUT2D eigenvalue weighted by atomic mass is 10.00. The molecule has 5 heteroatoms. The highest BCUT2D eigenvalue weighted by Crippen LogP contribution is 2.37. The van der Waals surface area contributed by atoms with Crippen LogP contribution in [0.3, 0.4) is 0 Å². The van der Waals surface area contributed by atoms with Crippen molar-refractivity contribution in [3.05, 3.63) is 34.1 Å². The Bertz CT molecular complexity index is 590. The second-order valence-electron chi connectivity index (χ2n) is 3.82. The molecule has 0 spiro atoms. The van der Waals surface area contributed by atoms with Crippen LogP contribution in [-0.4, -0.2) is 21.2 Å². The molecule has 0 radical (unpaired) electrons. The molecule has 2 rings (SSSR count). The van der Waals surface area contributed by atoms with E-state index in [0.717, 1.165) is 16.7 Å². The summed E-state index contributed by atoms with van der Waals surface area (Å²) in [6.45, 7) is 1.88. The number of phenolic OH excluding ortho intramolecular Hbond substituents is 1. The SMILES string of the molecule is Cc1c(-c2cnn(C)c2)cc(C=O)c(O)c1Br. The Morgan fingerprint density at radius 2 is 2.24 bits per heavy atom. The van der Waals surface area contributed by atoms with Crippen molar-refractivity contribution in [2.75, 3.05) is 0 Å². The van der Waals surface area contributed by atoms with Gasteiger partial charge in [-0.2, -0.15) is 5.10 Å². The summed E-state index contributed by atoms with van der Waals surface area (Å²) in [5, 5.41) is 13.8. The van der Waals surface area contributed by atoms with E-state index in [9.17, 15) is 9.90 Å². The molecule has 0 unspecified atom stereocenters. The molecule has 1 N–H and O–H groups in total. The van der Waals surface area contributed by atoms with Gasteiger partial charge in [0.2, 0.25) is 0 Å². The van der Waals surface area contributed by atoms with Gasteiger partial charge in [-0.25, -0.2) is 0 Å². The molecular weight excluding hydrogens is 284 g/mol. The number of aldehydes is 1. The lowest BCUT2D eigenvalue weighted by molar-refractivity contribution is 0.112. The molecule has 88 valence electrons. The van der Waals surface area contributed by atoms with Crippen LogP contribution in [-0.2, 0) is 7.05 Å². The smallest absolute Gasteiger partial charge is 0.153 e. The molecule has 0 aliphatic rings. The number of hydrogen-bond donors (Lipinski definition) is 1. The molecular formula is C12H11BrN2O2. The zero-order valence-electron chi connectivity index (χ0n) is 9.44. The van der Waals surface area contributed by atoms with Crippen LogP contribution < -0.4 is 0 Å². The Morgan fingerprint density at radius 3 is 2.76 bits per heavy atom. The van der Waals surface area contributed by atoms with Crippen LogP contribution in [0.4, 0.5) is 0 Å². The summed E-state index contributed by atoms with van der Waals surface area (Å²) in [5.74, 6) is -0.0230. The summed E-state index contributed by atoms with van der Waals surface area (Å²) in [4.78, 5) is 10.9. The van der Waals surface area contributed by atoms with Gasteiger partial charge in [-0.15, -0.1) is 0 Å². The van der Waals surface area contributed by atoms with Crippen molar-refractivity contribution in [1.82, 2.24) is 9.78 Å². The molecule has 4 nitrogen and oxygen atoms in total. The largest absolute Gasteiger partial charge is 0.506 e. The van der Waals surface area contributed by atoms with E-state index in [4.69, 9.17) is 0 Å². The highest BCUT2D eigenvalue weighted by molar-refractivity contribution is 9.10. The molecule has 0 saturated heterocycles. The first-order valence-electron chi connectivity index (χ1n) is 5.01. The molecule has 0 aliphatic heterocycles. The van der Waals surface area contributed by atoms with E-state index in [0.29, 0.717) is 10.8 Å². The van der Waals surface area contributed by atoms with Gasteiger partial charge in [-0.3, -0.25) is 9.48 Å². The van der Waals surface area contributed by atoms with Gasteiger partial charge in [-0.1, -0.05) is 0 Å². The maximum atomic E-state index is 10.9. The van der Waals surface area contributed by atoms with Crippen LogP contribution in [0.1, 0.15) is 15.9 Å². The third-order valence-electron chi connectivity index (χ3n) is 2.66. The van der Waals surface area contributed by atoms with E-state index in [2.05, 4.69) is 21.0 Å². The lowest BCUT2D eigenvalue weighted by Crippen LogP contribution is -1.90. The van der Waals surface area contributed by atoms with E-state index in [1.54, 1.807) is 16.9 Å². The minimum Gasteiger partial charge on any atom is -0.506 e. The molecule has 0 aliphatic carbocycles. The number of aryl methyl sites for hydroxylation is 1. The number of hydrogen-bond acceptors (Lipinski definition) is 3. The molecule has 2 aromatic rings. The fraction of sp³-hybridized carbons (Fsp3) is 0.167. The minimum atomic E-state index is -0.0230. The van der Waals surface area contributed by atoms with E-state index in [1.165, 1.54) is 0 Å². The zero-order valence-corrected chi connectivity index (χ0v) is 11.0. The van der Waals surface area contributed by atoms with Crippen LogP contribution in [0.15, 0.2) is 22.9 Å². The van der Waals surface area contributed by atoms with Crippen molar-refractivity contribution in [2.24, 2.45) is 7.05 Å². The van der Waals surface area contributed by atoms with Gasteiger partial charge in [0.1, 0.15) is 5.75 Å². The lowest BCUT2D eigenvalue weighted by Gasteiger charge is -2.09. The fourth-order valence-corrected chi connectivity index (χ4v) is 2.15. The van der Waals surface area contributed by atoms with Crippen molar-refractivity contribution in [3.8, 4) is 16.9 Å². The standard InChI is InChI=1S/C12H11BrN2O2/c1-7-10(9-4-14-15(2)5-9)3-8(6-16)12(17)11(7)13/h3-6,17H,1-2H3. The first-order valence-corrected chi connectivity index (χ1v) is 5.80. The van der Waals surface area contributed by atoms with Crippen molar-refractivity contribution < 1.29 is 9.90 Å². The topological polar surface area (TPSA) is 55.1 Å². The van der Waals surface area contributed by atoms with E-state index in [-0.39, 0.29) is 11.3 Å². The minimum absolute atomic E-state index is 0.0230. The van der Waals surface area contributed by atoms with E-state index >= 15 is 0 Å². The molecule has 1 aromatic carbocycles. The first kappa shape index (κ1) is 11.9. The van der Waals surface area contributed by atoms with Gasteiger partial charge < -0.3 is 5.11 Å². The van der Waals surface area contributed by atoms with Gasteiger partial charge in [0.15, 0.2) is 6.29 Å². The second-order valence-corrected chi connectivity index (χ2v) is 4.61. The predicted octanol–water partition coefficient (Wildman–Crippen LogP) is 2.68. The van der Waals surface area contributed by atoms with E-state index < -0.39 is 0 Å². The highest BCUT2D eigenvalue weighted by atomic mass is 79.9. The van der Waals surface area contributed by atoms with Crippen LogP contribution >= 0.6 is 15.9 Å². The maximum absolute atomic E-state index is 10.9. The van der Waals surface area contributed by atoms with Gasteiger partial charge >= 0.3 is 0 Å². The van der Waals surface area contributed by atoms with Crippen LogP contribution in [0.25, 0.3) is 11.1 Å². The maximum Gasteiger partial charge on any atom is 0.153 e. The number of benzene rings is 1. The number of rotatable bonds is 2. The van der Waals surface area contributed by atoms with Crippen LogP contribution in [0, 0.1) is 6.92 Å². The number of carbonyl (C=O) groups is 1. The number of aromatic hydroxyl groups is 1. The van der Waals surface area contributed by atoms with Crippen molar-refractivity contribution in [1.29, 1.82) is 0 Å². The Balaban J connectivity index is 2.70. The summed E-state index contributed by atoms with van der Waals surface area (Å²) < 4.78 is 2.23. The molecule has 1 aromatic heterocycles. The normalized spacial score (nSPS) is 10.5. The molecule has 1 heterocycles. The van der Waals surface area contributed by atoms with Gasteiger partial charge in [0, 0.05) is 18.8 Å². The number of halogens is 1. The summed E-state index contributed by atoms with van der Waals surface area (Å²) >= 11 is 3.29. The van der Waals surface area contributed by atoms with Crippen molar-refractivity contribution in [2.45, 2.75) is 6.92 Å². The molecule has 0 atom stereocenters. The Kier molecular flexibility index (Phi) is 3.02. The summed E-state index contributed by atoms with van der Waals surface area (Å²) in [5.41, 5.74) is 2.93. The highest BCUT2D eigenvalue weighted by Gasteiger charge is 2.14. The summed E-state index contributed by atoms with van der Waals surface area (Å²) in [6.07, 6.45) is 4.22. The van der Waals surface area contributed by atoms with Gasteiger partial charge in [0.25, 0.3) is 0 Å². The first-order chi connectivity index (χ1) is 8.04. The predicted molar refractivity (Wildman–Crippen MR) is 68.1 cm³/mol.